The standard InChI is InChI=1S/C13H8BrN5O4S2/c14-8-4-2-1-3-7(8)11-17-18-13(23-11)24-6-9(20)16-12-15-5-10(25-12)19(21)22/h1-5H,6H2,(H,15,16,20). The first-order valence-corrected chi connectivity index (χ1v) is 9.23. The number of aromatic nitrogens is 3. The highest BCUT2D eigenvalue weighted by atomic mass is 79.9. The summed E-state index contributed by atoms with van der Waals surface area (Å²) in [4.78, 5) is 25.6. The van der Waals surface area contributed by atoms with Crippen molar-refractivity contribution in [1.29, 1.82) is 0 Å². The molecule has 9 nitrogen and oxygen atoms in total. The molecule has 0 spiro atoms. The Kier molecular flexibility index (Phi) is 5.40. The number of carbonyl (C=O) groups is 1. The molecule has 3 aromatic rings. The van der Waals surface area contributed by atoms with Crippen LogP contribution < -0.4 is 5.32 Å². The molecule has 2 heterocycles. The molecule has 0 radical (unpaired) electrons. The zero-order valence-electron chi connectivity index (χ0n) is 12.2. The van der Waals surface area contributed by atoms with Gasteiger partial charge in [-0.2, -0.15) is 0 Å². The fourth-order valence-electron chi connectivity index (χ4n) is 1.70. The molecule has 0 aliphatic heterocycles. The van der Waals surface area contributed by atoms with Crippen molar-refractivity contribution in [2.75, 3.05) is 11.1 Å². The Balaban J connectivity index is 1.57. The number of hydrogen-bond donors (Lipinski definition) is 1. The minimum Gasteiger partial charge on any atom is -0.411 e. The van der Waals surface area contributed by atoms with Crippen molar-refractivity contribution in [3.63, 3.8) is 0 Å². The predicted octanol–water partition coefficient (Wildman–Crippen LogP) is 3.59. The predicted molar refractivity (Wildman–Crippen MR) is 95.6 cm³/mol. The minimum absolute atomic E-state index is 0.00493. The second-order valence-corrected chi connectivity index (χ2v) is 7.24. The molecule has 0 bridgehead atoms. The second kappa shape index (κ2) is 7.72. The molecular formula is C13H8BrN5O4S2. The van der Waals surface area contributed by atoms with Gasteiger partial charge in [-0.1, -0.05) is 23.9 Å². The molecule has 128 valence electrons. The van der Waals surface area contributed by atoms with Crippen LogP contribution in [0.3, 0.4) is 0 Å². The maximum absolute atomic E-state index is 11.9. The molecule has 0 unspecified atom stereocenters. The minimum atomic E-state index is -0.566. The molecule has 0 fully saturated rings. The van der Waals surface area contributed by atoms with E-state index in [4.69, 9.17) is 4.42 Å². The van der Waals surface area contributed by atoms with Crippen molar-refractivity contribution in [1.82, 2.24) is 15.2 Å². The topological polar surface area (TPSA) is 124 Å². The van der Waals surface area contributed by atoms with E-state index >= 15 is 0 Å². The van der Waals surface area contributed by atoms with Gasteiger partial charge in [-0.3, -0.25) is 14.9 Å². The van der Waals surface area contributed by atoms with E-state index in [0.29, 0.717) is 5.89 Å². The van der Waals surface area contributed by atoms with Gasteiger partial charge in [0.15, 0.2) is 5.13 Å². The zero-order valence-corrected chi connectivity index (χ0v) is 15.4. The van der Waals surface area contributed by atoms with E-state index in [-0.39, 0.29) is 27.0 Å². The van der Waals surface area contributed by atoms with Crippen LogP contribution in [0.15, 0.2) is 44.6 Å². The molecular weight excluding hydrogens is 434 g/mol. The molecule has 0 aliphatic rings. The van der Waals surface area contributed by atoms with Crippen molar-refractivity contribution in [3.8, 4) is 11.5 Å². The Labute approximate surface area is 157 Å². The van der Waals surface area contributed by atoms with E-state index < -0.39 is 4.92 Å². The molecule has 0 saturated heterocycles. The van der Waals surface area contributed by atoms with Gasteiger partial charge in [0.25, 0.3) is 5.22 Å². The van der Waals surface area contributed by atoms with Gasteiger partial charge in [0.05, 0.1) is 16.2 Å². The first kappa shape index (κ1) is 17.5. The molecule has 0 atom stereocenters. The average Bonchev–Trinajstić information content (AvgIpc) is 3.23. The lowest BCUT2D eigenvalue weighted by Crippen LogP contribution is -2.13. The number of nitrogens with zero attached hydrogens (tertiary/aromatic N) is 4. The first-order chi connectivity index (χ1) is 12.0. The summed E-state index contributed by atoms with van der Waals surface area (Å²) in [6.45, 7) is 0. The Morgan fingerprint density at radius 1 is 1.40 bits per heavy atom. The van der Waals surface area contributed by atoms with Gasteiger partial charge in [-0.05, 0) is 39.4 Å². The Hall–Kier alpha value is -2.31. The summed E-state index contributed by atoms with van der Waals surface area (Å²) < 4.78 is 6.33. The van der Waals surface area contributed by atoms with Crippen LogP contribution in [-0.4, -0.2) is 31.8 Å². The van der Waals surface area contributed by atoms with Crippen LogP contribution in [0.25, 0.3) is 11.5 Å². The van der Waals surface area contributed by atoms with Crippen molar-refractivity contribution >= 4 is 55.1 Å². The highest BCUT2D eigenvalue weighted by Gasteiger charge is 2.16. The monoisotopic (exact) mass is 441 g/mol. The number of thiazole rings is 1. The van der Waals surface area contributed by atoms with Gasteiger partial charge in [0.1, 0.15) is 6.20 Å². The summed E-state index contributed by atoms with van der Waals surface area (Å²) in [5.41, 5.74) is 0.751. The molecule has 1 amide bonds. The third-order valence-electron chi connectivity index (χ3n) is 2.76. The Morgan fingerprint density at radius 2 is 2.20 bits per heavy atom. The number of thioether (sulfide) groups is 1. The van der Waals surface area contributed by atoms with Crippen LogP contribution in [0.1, 0.15) is 0 Å². The van der Waals surface area contributed by atoms with Crippen molar-refractivity contribution in [2.45, 2.75) is 5.22 Å². The van der Waals surface area contributed by atoms with E-state index in [9.17, 15) is 14.9 Å². The molecule has 12 heteroatoms. The number of nitrogens with one attached hydrogen (secondary N) is 1. The van der Waals surface area contributed by atoms with Gasteiger partial charge in [0.2, 0.25) is 11.8 Å². The maximum atomic E-state index is 11.9. The third-order valence-corrected chi connectivity index (χ3v) is 5.13. The number of carbonyl (C=O) groups excluding carboxylic acids is 1. The van der Waals surface area contributed by atoms with Crippen LogP contribution in [0, 0.1) is 10.1 Å². The van der Waals surface area contributed by atoms with Crippen LogP contribution in [0.5, 0.6) is 0 Å². The van der Waals surface area contributed by atoms with E-state index in [1.165, 1.54) is 0 Å². The van der Waals surface area contributed by atoms with Crippen molar-refractivity contribution in [2.24, 2.45) is 0 Å². The van der Waals surface area contributed by atoms with E-state index in [1.54, 1.807) is 0 Å². The Morgan fingerprint density at radius 3 is 2.92 bits per heavy atom. The van der Waals surface area contributed by atoms with Crippen LogP contribution >= 0.6 is 39.0 Å². The van der Waals surface area contributed by atoms with Gasteiger partial charge in [-0.25, -0.2) is 4.98 Å². The van der Waals surface area contributed by atoms with Crippen LogP contribution in [-0.2, 0) is 4.79 Å². The fourth-order valence-corrected chi connectivity index (χ4v) is 3.37. The summed E-state index contributed by atoms with van der Waals surface area (Å²) >= 11 is 5.24. The summed E-state index contributed by atoms with van der Waals surface area (Å²) in [6.07, 6.45) is 1.09. The van der Waals surface area contributed by atoms with E-state index in [0.717, 1.165) is 39.3 Å². The molecule has 2 aromatic heterocycles. The largest absolute Gasteiger partial charge is 0.411 e. The van der Waals surface area contributed by atoms with Gasteiger partial charge in [0, 0.05) is 4.47 Å². The number of halogens is 1. The summed E-state index contributed by atoms with van der Waals surface area (Å²) in [5, 5.41) is 21.2. The summed E-state index contributed by atoms with van der Waals surface area (Å²) in [5.74, 6) is -0.0360. The molecule has 25 heavy (non-hydrogen) atoms. The number of nitro groups is 1. The van der Waals surface area contributed by atoms with Gasteiger partial charge >= 0.3 is 5.00 Å². The van der Waals surface area contributed by atoms with Crippen LogP contribution in [0.2, 0.25) is 0 Å². The lowest BCUT2D eigenvalue weighted by atomic mass is 10.2. The number of hydrogen-bond acceptors (Lipinski definition) is 9. The molecule has 1 aromatic carbocycles. The molecule has 1 N–H and O–H groups in total. The lowest BCUT2D eigenvalue weighted by Gasteiger charge is -1.99. The fraction of sp³-hybridized carbons (Fsp3) is 0.0769. The van der Waals surface area contributed by atoms with Crippen molar-refractivity contribution in [3.05, 3.63) is 45.0 Å². The SMILES string of the molecule is O=C(CSc1nnc(-c2ccccc2Br)o1)Nc1ncc([N+](=O)[O-])s1. The number of benzene rings is 1. The number of rotatable bonds is 6. The summed E-state index contributed by atoms with van der Waals surface area (Å²) in [6, 6.07) is 7.39. The van der Waals surface area contributed by atoms with E-state index in [2.05, 4.69) is 36.4 Å². The Bertz CT molecular complexity index is 929. The second-order valence-electron chi connectivity index (χ2n) is 4.45. The third kappa shape index (κ3) is 4.41. The quantitative estimate of drug-likeness (QED) is 0.349. The molecule has 0 saturated carbocycles. The van der Waals surface area contributed by atoms with Gasteiger partial charge < -0.3 is 9.73 Å². The van der Waals surface area contributed by atoms with Crippen molar-refractivity contribution < 1.29 is 14.1 Å². The van der Waals surface area contributed by atoms with Gasteiger partial charge in [-0.15, -0.1) is 10.2 Å². The lowest BCUT2D eigenvalue weighted by molar-refractivity contribution is -0.380. The zero-order chi connectivity index (χ0) is 17.8. The summed E-state index contributed by atoms with van der Waals surface area (Å²) in [7, 11) is 0. The number of amides is 1. The number of anilines is 1. The highest BCUT2D eigenvalue weighted by Crippen LogP contribution is 2.29. The highest BCUT2D eigenvalue weighted by molar-refractivity contribution is 9.10. The molecule has 0 aliphatic carbocycles. The first-order valence-electron chi connectivity index (χ1n) is 6.64. The van der Waals surface area contributed by atoms with Crippen LogP contribution in [0.4, 0.5) is 10.1 Å². The average molecular weight is 442 g/mol. The maximum Gasteiger partial charge on any atom is 0.345 e. The normalized spacial score (nSPS) is 10.6. The van der Waals surface area contributed by atoms with E-state index in [1.807, 2.05) is 24.3 Å². The molecule has 3 rings (SSSR count). The smallest absolute Gasteiger partial charge is 0.345 e.